The molecule has 4 aliphatic carbocycles. The van der Waals surface area contributed by atoms with Gasteiger partial charge in [-0.05, 0) is 98.9 Å². The fourth-order valence-corrected chi connectivity index (χ4v) is 7.78. The number of hydrogen-bond acceptors (Lipinski definition) is 2. The quantitative estimate of drug-likeness (QED) is 0.387. The number of nitrogens with two attached hydrogens (primary N) is 1. The molecule has 2 amide bonds. The van der Waals surface area contributed by atoms with Crippen LogP contribution in [-0.2, 0) is 9.59 Å². The highest BCUT2D eigenvalue weighted by Gasteiger charge is 2.63. The molecule has 6 nitrogen and oxygen atoms in total. The lowest BCUT2D eigenvalue weighted by Gasteiger charge is -2.60. The Morgan fingerprint density at radius 1 is 0.794 bits per heavy atom. The zero-order valence-electron chi connectivity index (χ0n) is 19.0. The van der Waals surface area contributed by atoms with E-state index in [-0.39, 0.29) is 11.8 Å². The Morgan fingerprint density at radius 3 is 1.85 bits per heavy atom. The van der Waals surface area contributed by atoms with Gasteiger partial charge in [-0.1, -0.05) is 0 Å². The van der Waals surface area contributed by atoms with E-state index in [1.165, 1.54) is 0 Å². The maximum absolute atomic E-state index is 14.7. The second kappa shape index (κ2) is 6.75. The second-order valence-corrected chi connectivity index (χ2v) is 11.0. The van der Waals surface area contributed by atoms with Gasteiger partial charge in [0.05, 0.1) is 10.8 Å². The Labute approximate surface area is 197 Å². The molecule has 172 valence electrons. The molecule has 8 rings (SSSR count). The number of hydrogen-bond donors (Lipinski definition) is 3. The third kappa shape index (κ3) is 2.74. The zero-order chi connectivity index (χ0) is 23.1. The summed E-state index contributed by atoms with van der Waals surface area (Å²) in [4.78, 5) is 35.7. The molecule has 34 heavy (non-hydrogen) atoms. The lowest BCUT2D eigenvalue weighted by Crippen LogP contribution is -2.60. The highest BCUT2D eigenvalue weighted by Crippen LogP contribution is 2.66. The third-order valence-electron chi connectivity index (χ3n) is 8.83. The van der Waals surface area contributed by atoms with Crippen LogP contribution >= 0.6 is 0 Å². The lowest BCUT2D eigenvalue weighted by molar-refractivity contribution is -0.163. The van der Waals surface area contributed by atoms with Crippen molar-refractivity contribution in [2.24, 2.45) is 28.4 Å². The average molecular weight is 453 g/mol. The number of H-pyrrole nitrogens is 2. The molecule has 6 heteroatoms. The number of rotatable bonds is 4. The van der Waals surface area contributed by atoms with Crippen LogP contribution < -0.4 is 10.6 Å². The highest BCUT2D eigenvalue weighted by molar-refractivity contribution is 6.07. The Balaban J connectivity index is 1.38. The van der Waals surface area contributed by atoms with Crippen molar-refractivity contribution in [2.45, 2.75) is 38.5 Å². The number of carbonyl (C=O) groups excluding carboxylic acids is 2. The zero-order valence-corrected chi connectivity index (χ0v) is 19.0. The van der Waals surface area contributed by atoms with Crippen molar-refractivity contribution in [3.05, 3.63) is 60.9 Å². The van der Waals surface area contributed by atoms with Gasteiger partial charge in [0, 0.05) is 45.6 Å². The van der Waals surface area contributed by atoms with Gasteiger partial charge in [0.2, 0.25) is 11.8 Å². The number of anilines is 2. The second-order valence-electron chi connectivity index (χ2n) is 11.0. The molecule has 4 aromatic rings. The van der Waals surface area contributed by atoms with Gasteiger partial charge < -0.3 is 15.7 Å². The molecule has 4 aliphatic rings. The van der Waals surface area contributed by atoms with E-state index in [0.29, 0.717) is 18.3 Å². The van der Waals surface area contributed by atoms with Gasteiger partial charge in [0.1, 0.15) is 0 Å². The summed E-state index contributed by atoms with van der Waals surface area (Å²) < 4.78 is 0. The first-order valence-electron chi connectivity index (χ1n) is 12.2. The first kappa shape index (κ1) is 19.9. The fraction of sp³-hybridized carbons (Fsp3) is 0.357. The predicted molar refractivity (Wildman–Crippen MR) is 132 cm³/mol. The van der Waals surface area contributed by atoms with E-state index in [2.05, 4.69) is 22.1 Å². The number of primary amides is 1. The number of amides is 2. The fourth-order valence-electron chi connectivity index (χ4n) is 7.78. The van der Waals surface area contributed by atoms with Crippen LogP contribution in [-0.4, -0.2) is 21.8 Å². The number of carbonyl (C=O) groups is 2. The van der Waals surface area contributed by atoms with E-state index in [0.717, 1.165) is 65.3 Å². The topological polar surface area (TPSA) is 95.0 Å². The van der Waals surface area contributed by atoms with Crippen molar-refractivity contribution < 1.29 is 9.59 Å². The smallest absolute Gasteiger partial charge is 0.237 e. The van der Waals surface area contributed by atoms with Crippen LogP contribution in [0.2, 0.25) is 0 Å². The molecule has 0 aliphatic heterocycles. The molecule has 0 radical (unpaired) electrons. The Bertz CT molecular complexity index is 1380. The Kier molecular flexibility index (Phi) is 3.95. The van der Waals surface area contributed by atoms with Crippen molar-refractivity contribution in [3.8, 4) is 0 Å². The van der Waals surface area contributed by atoms with E-state index in [1.807, 2.05) is 53.7 Å². The Morgan fingerprint density at radius 2 is 1.32 bits per heavy atom. The maximum atomic E-state index is 14.7. The molecule has 2 unspecified atom stereocenters. The molecule has 0 spiro atoms. The van der Waals surface area contributed by atoms with Crippen molar-refractivity contribution in [1.29, 1.82) is 0 Å². The first-order valence-corrected chi connectivity index (χ1v) is 12.2. The van der Waals surface area contributed by atoms with Crippen LogP contribution in [0.4, 0.5) is 11.4 Å². The van der Waals surface area contributed by atoms with Crippen LogP contribution in [0.5, 0.6) is 0 Å². The average Bonchev–Trinajstić information content (AvgIpc) is 3.47. The van der Waals surface area contributed by atoms with Crippen molar-refractivity contribution in [1.82, 2.24) is 9.97 Å². The minimum absolute atomic E-state index is 0.108. The number of aromatic nitrogens is 2. The van der Waals surface area contributed by atoms with E-state index in [1.54, 1.807) is 0 Å². The standard InChI is InChI=1S/C28H28N4O2/c29-25(33)27-12-17-9-18(13-27)15-28(14-17,16-27)26(34)32(21-1-3-23-19(10-21)5-7-30-23)22-2-4-24-20(11-22)6-8-31-24/h1-8,10-11,17-18,30-31H,9,12-16H2,(H2,29,33). The monoisotopic (exact) mass is 452 g/mol. The van der Waals surface area contributed by atoms with Gasteiger partial charge in [-0.15, -0.1) is 0 Å². The number of aromatic amines is 2. The van der Waals surface area contributed by atoms with E-state index in [4.69, 9.17) is 5.73 Å². The summed E-state index contributed by atoms with van der Waals surface area (Å²) in [5, 5.41) is 2.13. The summed E-state index contributed by atoms with van der Waals surface area (Å²) in [5.74, 6) is 0.697. The first-order chi connectivity index (χ1) is 16.4. The summed E-state index contributed by atoms with van der Waals surface area (Å²) in [5.41, 5.74) is 8.71. The molecule has 4 saturated carbocycles. The van der Waals surface area contributed by atoms with Crippen LogP contribution in [0.1, 0.15) is 38.5 Å². The molecule has 4 N–H and O–H groups in total. The summed E-state index contributed by atoms with van der Waals surface area (Å²) in [6.45, 7) is 0. The van der Waals surface area contributed by atoms with E-state index < -0.39 is 10.8 Å². The number of nitrogens with one attached hydrogen (secondary N) is 2. The minimum atomic E-state index is -0.542. The summed E-state index contributed by atoms with van der Waals surface area (Å²) in [6.07, 6.45) is 8.94. The SMILES string of the molecule is NC(=O)C12CC3CC(C1)CC(C(=O)N(c1ccc4[nH]ccc4c1)c1ccc4[nH]ccc4c1)(C3)C2. The highest BCUT2D eigenvalue weighted by atomic mass is 16.2. The predicted octanol–water partition coefficient (Wildman–Crippen LogP) is 5.39. The van der Waals surface area contributed by atoms with Gasteiger partial charge in [-0.25, -0.2) is 0 Å². The molecular weight excluding hydrogens is 424 g/mol. The molecular formula is C28H28N4O2. The molecule has 4 bridgehead atoms. The molecule has 2 aromatic heterocycles. The van der Waals surface area contributed by atoms with Crippen molar-refractivity contribution in [2.75, 3.05) is 4.90 Å². The largest absolute Gasteiger partial charge is 0.369 e. The molecule has 2 aromatic carbocycles. The maximum Gasteiger partial charge on any atom is 0.237 e. The summed E-state index contributed by atoms with van der Waals surface area (Å²) in [6, 6.07) is 16.3. The van der Waals surface area contributed by atoms with Crippen molar-refractivity contribution in [3.63, 3.8) is 0 Å². The molecule has 2 atom stereocenters. The van der Waals surface area contributed by atoms with Gasteiger partial charge in [0.25, 0.3) is 0 Å². The van der Waals surface area contributed by atoms with E-state index in [9.17, 15) is 9.59 Å². The van der Waals surface area contributed by atoms with Crippen LogP contribution in [0.15, 0.2) is 60.9 Å². The summed E-state index contributed by atoms with van der Waals surface area (Å²) >= 11 is 0. The van der Waals surface area contributed by atoms with Gasteiger partial charge >= 0.3 is 0 Å². The Hall–Kier alpha value is -3.54. The number of nitrogens with zero attached hydrogens (tertiary/aromatic N) is 1. The van der Waals surface area contributed by atoms with Crippen LogP contribution in [0, 0.1) is 22.7 Å². The number of benzene rings is 2. The molecule has 4 fully saturated rings. The van der Waals surface area contributed by atoms with Gasteiger partial charge in [0.15, 0.2) is 0 Å². The molecule has 2 heterocycles. The summed E-state index contributed by atoms with van der Waals surface area (Å²) in [7, 11) is 0. The van der Waals surface area contributed by atoms with Crippen molar-refractivity contribution >= 4 is 45.0 Å². The minimum Gasteiger partial charge on any atom is -0.369 e. The third-order valence-corrected chi connectivity index (χ3v) is 8.83. The lowest BCUT2D eigenvalue weighted by atomic mass is 9.43. The van der Waals surface area contributed by atoms with Crippen LogP contribution in [0.3, 0.4) is 0 Å². The van der Waals surface area contributed by atoms with Gasteiger partial charge in [-0.2, -0.15) is 0 Å². The normalized spacial score (nSPS) is 29.6. The number of fused-ring (bicyclic) bond motifs is 2. The van der Waals surface area contributed by atoms with E-state index >= 15 is 0 Å². The van der Waals surface area contributed by atoms with Crippen LogP contribution in [0.25, 0.3) is 21.8 Å². The molecule has 0 saturated heterocycles. The van der Waals surface area contributed by atoms with Gasteiger partial charge in [-0.3, -0.25) is 14.5 Å².